The van der Waals surface area contributed by atoms with E-state index >= 15 is 0 Å². The van der Waals surface area contributed by atoms with Gasteiger partial charge in [-0.2, -0.15) is 0 Å². The number of hydrogen-bond donors (Lipinski definition) is 1. The summed E-state index contributed by atoms with van der Waals surface area (Å²) in [5, 5.41) is 3.89. The van der Waals surface area contributed by atoms with Crippen LogP contribution in [0.1, 0.15) is 23.2 Å². The van der Waals surface area contributed by atoms with Gasteiger partial charge in [-0.15, -0.1) is 0 Å². The molecule has 1 amide bonds. The fourth-order valence-electron chi connectivity index (χ4n) is 3.18. The van der Waals surface area contributed by atoms with Crippen molar-refractivity contribution in [3.8, 4) is 0 Å². The summed E-state index contributed by atoms with van der Waals surface area (Å²) in [7, 11) is -2.99. The molecule has 1 unspecified atom stereocenters. The van der Waals surface area contributed by atoms with Crippen molar-refractivity contribution in [2.75, 3.05) is 11.5 Å². The summed E-state index contributed by atoms with van der Waals surface area (Å²) in [4.78, 5) is 16.9. The first kappa shape index (κ1) is 15.9. The number of amides is 1. The molecule has 1 aliphatic rings. The van der Waals surface area contributed by atoms with Crippen LogP contribution in [0.3, 0.4) is 0 Å². The highest BCUT2D eigenvalue weighted by Crippen LogP contribution is 2.23. The van der Waals surface area contributed by atoms with Gasteiger partial charge in [0, 0.05) is 17.1 Å². The Labute approximate surface area is 136 Å². The third-order valence-electron chi connectivity index (χ3n) is 4.42. The molecular formula is C17H20N2O3S. The molecule has 0 spiro atoms. The average molecular weight is 332 g/mol. The Kier molecular flexibility index (Phi) is 4.10. The number of nitrogens with zero attached hydrogens (tertiary/aromatic N) is 1. The smallest absolute Gasteiger partial charge is 0.224 e. The van der Waals surface area contributed by atoms with E-state index in [0.29, 0.717) is 6.42 Å². The van der Waals surface area contributed by atoms with Gasteiger partial charge in [0.05, 0.1) is 23.4 Å². The second-order valence-electron chi connectivity index (χ2n) is 6.16. The maximum absolute atomic E-state index is 12.3. The van der Waals surface area contributed by atoms with Crippen molar-refractivity contribution in [3.63, 3.8) is 0 Å². The molecule has 1 aliphatic heterocycles. The summed E-state index contributed by atoms with van der Waals surface area (Å²) in [5.74, 6) is 0.0654. The van der Waals surface area contributed by atoms with Crippen LogP contribution < -0.4 is 5.32 Å². The van der Waals surface area contributed by atoms with E-state index < -0.39 is 9.84 Å². The van der Waals surface area contributed by atoms with Gasteiger partial charge in [0.15, 0.2) is 9.84 Å². The number of carbonyl (C=O) groups excluding carboxylic acids is 1. The van der Waals surface area contributed by atoms with Crippen LogP contribution in [0.2, 0.25) is 0 Å². The topological polar surface area (TPSA) is 76.1 Å². The predicted octanol–water partition coefficient (Wildman–Crippen LogP) is 1.70. The van der Waals surface area contributed by atoms with Gasteiger partial charge in [0.1, 0.15) is 0 Å². The molecule has 0 aliphatic carbocycles. The molecule has 1 N–H and O–H groups in total. The summed E-state index contributed by atoms with van der Waals surface area (Å²) in [6.45, 7) is 3.90. The highest BCUT2D eigenvalue weighted by Gasteiger charge is 2.29. The van der Waals surface area contributed by atoms with Crippen molar-refractivity contribution in [2.24, 2.45) is 0 Å². The molecule has 0 saturated carbocycles. The number of carbonyl (C=O) groups is 1. The zero-order chi connectivity index (χ0) is 16.6. The zero-order valence-electron chi connectivity index (χ0n) is 13.3. The lowest BCUT2D eigenvalue weighted by Crippen LogP contribution is -2.36. The molecule has 23 heavy (non-hydrogen) atoms. The summed E-state index contributed by atoms with van der Waals surface area (Å²) in [5.41, 5.74) is 3.74. The number of aromatic nitrogens is 1. The van der Waals surface area contributed by atoms with E-state index in [1.54, 1.807) is 0 Å². The number of hydrogen-bond acceptors (Lipinski definition) is 4. The Hall–Kier alpha value is -1.95. The highest BCUT2D eigenvalue weighted by atomic mass is 32.2. The number of pyridine rings is 1. The second-order valence-corrected chi connectivity index (χ2v) is 8.39. The third-order valence-corrected chi connectivity index (χ3v) is 6.19. The van der Waals surface area contributed by atoms with E-state index in [9.17, 15) is 13.2 Å². The fourth-order valence-corrected chi connectivity index (χ4v) is 4.85. The first-order valence-corrected chi connectivity index (χ1v) is 9.52. The minimum Gasteiger partial charge on any atom is -0.352 e. The molecule has 1 aromatic carbocycles. The maximum Gasteiger partial charge on any atom is 0.224 e. The van der Waals surface area contributed by atoms with Gasteiger partial charge in [-0.05, 0) is 37.5 Å². The Morgan fingerprint density at radius 2 is 2.04 bits per heavy atom. The first-order chi connectivity index (χ1) is 10.9. The van der Waals surface area contributed by atoms with Crippen molar-refractivity contribution in [3.05, 3.63) is 41.1 Å². The Morgan fingerprint density at radius 1 is 1.30 bits per heavy atom. The van der Waals surface area contributed by atoms with Crippen LogP contribution in [0.15, 0.2) is 24.3 Å². The van der Waals surface area contributed by atoms with Gasteiger partial charge in [0.2, 0.25) is 5.91 Å². The van der Waals surface area contributed by atoms with Crippen LogP contribution in [0.5, 0.6) is 0 Å². The summed E-state index contributed by atoms with van der Waals surface area (Å²) < 4.78 is 22.9. The lowest BCUT2D eigenvalue weighted by Gasteiger charge is -2.14. The molecular weight excluding hydrogens is 312 g/mol. The number of rotatable bonds is 3. The van der Waals surface area contributed by atoms with Crippen LogP contribution in [0.25, 0.3) is 10.9 Å². The standard InChI is InChI=1S/C17H20N2O3S/c1-11-14-5-3-4-6-16(14)18-12(2)15(11)9-17(20)19-13-7-8-23(21,22)10-13/h3-6,13H,7-10H2,1-2H3,(H,19,20). The minimum absolute atomic E-state index is 0.0483. The van der Waals surface area contributed by atoms with Crippen molar-refractivity contribution in [1.29, 1.82) is 0 Å². The molecule has 3 rings (SSSR count). The molecule has 1 aromatic heterocycles. The number of aryl methyl sites for hydroxylation is 2. The minimum atomic E-state index is -2.99. The normalized spacial score (nSPS) is 19.8. The van der Waals surface area contributed by atoms with E-state index in [2.05, 4.69) is 10.3 Å². The van der Waals surface area contributed by atoms with Crippen LogP contribution in [0.4, 0.5) is 0 Å². The van der Waals surface area contributed by atoms with Crippen molar-refractivity contribution < 1.29 is 13.2 Å². The van der Waals surface area contributed by atoms with Crippen molar-refractivity contribution >= 4 is 26.6 Å². The molecule has 0 radical (unpaired) electrons. The first-order valence-electron chi connectivity index (χ1n) is 7.70. The van der Waals surface area contributed by atoms with E-state index in [4.69, 9.17) is 0 Å². The maximum atomic E-state index is 12.3. The van der Waals surface area contributed by atoms with Gasteiger partial charge in [-0.1, -0.05) is 18.2 Å². The fraction of sp³-hybridized carbons (Fsp3) is 0.412. The summed E-state index contributed by atoms with van der Waals surface area (Å²) in [6.07, 6.45) is 0.730. The van der Waals surface area contributed by atoms with Gasteiger partial charge in [-0.3, -0.25) is 9.78 Å². The molecule has 5 nitrogen and oxygen atoms in total. The van der Waals surface area contributed by atoms with Crippen molar-refractivity contribution in [1.82, 2.24) is 10.3 Å². The van der Waals surface area contributed by atoms with Crippen LogP contribution in [-0.2, 0) is 21.1 Å². The number of para-hydroxylation sites is 1. The summed E-state index contributed by atoms with van der Waals surface area (Å²) >= 11 is 0. The number of nitrogens with one attached hydrogen (secondary N) is 1. The van der Waals surface area contributed by atoms with E-state index in [-0.39, 0.29) is 29.9 Å². The molecule has 1 atom stereocenters. The molecule has 6 heteroatoms. The van der Waals surface area contributed by atoms with Crippen molar-refractivity contribution in [2.45, 2.75) is 32.7 Å². The van der Waals surface area contributed by atoms with Gasteiger partial charge in [-0.25, -0.2) is 8.42 Å². The monoisotopic (exact) mass is 332 g/mol. The number of fused-ring (bicyclic) bond motifs is 1. The van der Waals surface area contributed by atoms with Gasteiger partial charge in [0.25, 0.3) is 0 Å². The van der Waals surface area contributed by atoms with Gasteiger partial charge < -0.3 is 5.32 Å². The molecule has 1 saturated heterocycles. The number of sulfone groups is 1. The average Bonchev–Trinajstić information content (AvgIpc) is 2.82. The summed E-state index contributed by atoms with van der Waals surface area (Å²) in [6, 6.07) is 7.60. The SMILES string of the molecule is Cc1nc2ccccc2c(C)c1CC(=O)NC1CCS(=O)(=O)C1. The Bertz CT molecular complexity index is 875. The quantitative estimate of drug-likeness (QED) is 0.928. The Morgan fingerprint density at radius 3 is 2.74 bits per heavy atom. The van der Waals surface area contributed by atoms with Crippen LogP contribution in [-0.4, -0.2) is 36.9 Å². The van der Waals surface area contributed by atoms with Crippen LogP contribution >= 0.6 is 0 Å². The molecule has 0 bridgehead atoms. The third kappa shape index (κ3) is 3.37. The highest BCUT2D eigenvalue weighted by molar-refractivity contribution is 7.91. The predicted molar refractivity (Wildman–Crippen MR) is 90.1 cm³/mol. The zero-order valence-corrected chi connectivity index (χ0v) is 14.1. The van der Waals surface area contributed by atoms with Gasteiger partial charge >= 0.3 is 0 Å². The largest absolute Gasteiger partial charge is 0.352 e. The number of benzene rings is 1. The second kappa shape index (κ2) is 5.92. The lowest BCUT2D eigenvalue weighted by molar-refractivity contribution is -0.121. The Balaban J connectivity index is 1.80. The molecule has 2 aromatic rings. The van der Waals surface area contributed by atoms with E-state index in [1.165, 1.54) is 0 Å². The molecule has 122 valence electrons. The molecule has 2 heterocycles. The molecule has 1 fully saturated rings. The van der Waals surface area contributed by atoms with E-state index in [0.717, 1.165) is 27.7 Å². The lowest BCUT2D eigenvalue weighted by atomic mass is 9.99. The van der Waals surface area contributed by atoms with E-state index in [1.807, 2.05) is 38.1 Å². The van der Waals surface area contributed by atoms with Crippen LogP contribution in [0, 0.1) is 13.8 Å².